The lowest BCUT2D eigenvalue weighted by Crippen LogP contribution is -2.45. The Morgan fingerprint density at radius 3 is 2.15 bits per heavy atom. The van der Waals surface area contributed by atoms with Crippen molar-refractivity contribution in [3.8, 4) is 5.75 Å². The van der Waals surface area contributed by atoms with E-state index in [1.54, 1.807) is 31.4 Å². The lowest BCUT2D eigenvalue weighted by Gasteiger charge is -2.21. The topological polar surface area (TPSA) is 73.9 Å². The van der Waals surface area contributed by atoms with Crippen LogP contribution in [0.4, 0.5) is 0 Å². The molecule has 26 heavy (non-hydrogen) atoms. The van der Waals surface area contributed by atoms with Crippen LogP contribution < -0.4 is 10.1 Å². The Balaban J connectivity index is 2.13. The summed E-state index contributed by atoms with van der Waals surface area (Å²) in [5, 5.41) is 2.72. The van der Waals surface area contributed by atoms with E-state index in [4.69, 9.17) is 14.2 Å². The Kier molecular flexibility index (Phi) is 7.17. The first-order chi connectivity index (χ1) is 12.6. The largest absolute Gasteiger partial charge is 0.497 e. The predicted octanol–water partition coefficient (Wildman–Crippen LogP) is 2.28. The van der Waals surface area contributed by atoms with Crippen molar-refractivity contribution < 1.29 is 23.8 Å². The highest BCUT2D eigenvalue weighted by Gasteiger charge is 2.27. The number of carbonyl (C=O) groups is 2. The third-order valence-corrected chi connectivity index (χ3v) is 3.98. The molecule has 6 heteroatoms. The van der Waals surface area contributed by atoms with Crippen LogP contribution >= 0.6 is 0 Å². The summed E-state index contributed by atoms with van der Waals surface area (Å²) < 4.78 is 15.3. The molecule has 2 atom stereocenters. The van der Waals surface area contributed by atoms with Gasteiger partial charge in [-0.15, -0.1) is 0 Å². The van der Waals surface area contributed by atoms with Gasteiger partial charge in [-0.3, -0.25) is 4.79 Å². The first kappa shape index (κ1) is 19.5. The monoisotopic (exact) mass is 357 g/mol. The quantitative estimate of drug-likeness (QED) is 0.734. The van der Waals surface area contributed by atoms with Crippen molar-refractivity contribution in [2.24, 2.45) is 0 Å². The molecule has 1 N–H and O–H groups in total. The summed E-state index contributed by atoms with van der Waals surface area (Å²) in [7, 11) is 4.33. The molecule has 2 aromatic carbocycles. The Morgan fingerprint density at radius 1 is 0.962 bits per heavy atom. The summed E-state index contributed by atoms with van der Waals surface area (Å²) in [6.45, 7) is 0. The second-order valence-corrected chi connectivity index (χ2v) is 5.66. The van der Waals surface area contributed by atoms with E-state index >= 15 is 0 Å². The number of hydrogen-bond acceptors (Lipinski definition) is 5. The average molecular weight is 357 g/mol. The fourth-order valence-corrected chi connectivity index (χ4v) is 2.60. The summed E-state index contributed by atoms with van der Waals surface area (Å²) in [6.07, 6.45) is -0.507. The van der Waals surface area contributed by atoms with Crippen LogP contribution in [0.3, 0.4) is 0 Å². The number of methoxy groups -OCH3 is 3. The van der Waals surface area contributed by atoms with Crippen molar-refractivity contribution in [2.75, 3.05) is 21.3 Å². The van der Waals surface area contributed by atoms with E-state index in [1.165, 1.54) is 14.2 Å². The average Bonchev–Trinajstić information content (AvgIpc) is 2.68. The molecular formula is C20H23NO5. The molecular weight excluding hydrogens is 334 g/mol. The number of rotatable bonds is 8. The summed E-state index contributed by atoms with van der Waals surface area (Å²) in [6, 6.07) is 15.6. The second kappa shape index (κ2) is 9.58. The van der Waals surface area contributed by atoms with Gasteiger partial charge in [-0.2, -0.15) is 0 Å². The molecule has 0 bridgehead atoms. The van der Waals surface area contributed by atoms with Crippen LogP contribution in [0, 0.1) is 0 Å². The van der Waals surface area contributed by atoms with E-state index < -0.39 is 24.0 Å². The molecule has 2 aromatic rings. The highest BCUT2D eigenvalue weighted by Crippen LogP contribution is 2.18. The Labute approximate surface area is 153 Å². The van der Waals surface area contributed by atoms with Gasteiger partial charge in [0.1, 0.15) is 11.8 Å². The van der Waals surface area contributed by atoms with Gasteiger partial charge in [0.2, 0.25) is 0 Å². The van der Waals surface area contributed by atoms with Crippen molar-refractivity contribution >= 4 is 11.9 Å². The van der Waals surface area contributed by atoms with E-state index in [9.17, 15) is 9.59 Å². The standard InChI is InChI=1S/C20H23NO5/c1-24-16-11-9-14(10-12-16)13-17(20(23)26-3)21-19(22)18(25-2)15-7-5-4-6-8-15/h4-12,17-18H,13H2,1-3H3,(H,21,22)/t17-,18+/m1/s1. The minimum atomic E-state index is -0.817. The van der Waals surface area contributed by atoms with Gasteiger partial charge in [0.25, 0.3) is 5.91 Å². The molecule has 0 saturated heterocycles. The lowest BCUT2D eigenvalue weighted by molar-refractivity contribution is -0.146. The van der Waals surface area contributed by atoms with E-state index in [0.717, 1.165) is 11.3 Å². The Hall–Kier alpha value is -2.86. The van der Waals surface area contributed by atoms with Crippen molar-refractivity contribution in [3.05, 3.63) is 65.7 Å². The van der Waals surface area contributed by atoms with Crippen molar-refractivity contribution in [1.82, 2.24) is 5.32 Å². The van der Waals surface area contributed by atoms with Crippen molar-refractivity contribution in [1.29, 1.82) is 0 Å². The van der Waals surface area contributed by atoms with Gasteiger partial charge < -0.3 is 19.5 Å². The Bertz CT molecular complexity index is 715. The molecule has 0 spiro atoms. The molecule has 0 heterocycles. The van der Waals surface area contributed by atoms with Crippen LogP contribution in [0.25, 0.3) is 0 Å². The zero-order valence-corrected chi connectivity index (χ0v) is 15.1. The van der Waals surface area contributed by atoms with Gasteiger partial charge >= 0.3 is 5.97 Å². The number of ether oxygens (including phenoxy) is 3. The van der Waals surface area contributed by atoms with Crippen LogP contribution in [0.1, 0.15) is 17.2 Å². The van der Waals surface area contributed by atoms with Crippen LogP contribution in [-0.4, -0.2) is 39.2 Å². The highest BCUT2D eigenvalue weighted by atomic mass is 16.5. The van der Waals surface area contributed by atoms with Gasteiger partial charge in [0.05, 0.1) is 14.2 Å². The summed E-state index contributed by atoms with van der Waals surface area (Å²) in [5.41, 5.74) is 1.58. The summed E-state index contributed by atoms with van der Waals surface area (Å²) >= 11 is 0. The minimum Gasteiger partial charge on any atom is -0.497 e. The summed E-state index contributed by atoms with van der Waals surface area (Å²) in [5.74, 6) is -0.198. The third kappa shape index (κ3) is 5.07. The molecule has 0 aromatic heterocycles. The first-order valence-electron chi connectivity index (χ1n) is 8.18. The number of carbonyl (C=O) groups excluding carboxylic acids is 2. The Morgan fingerprint density at radius 2 is 1.62 bits per heavy atom. The molecule has 0 saturated carbocycles. The molecule has 138 valence electrons. The maximum atomic E-state index is 12.6. The van der Waals surface area contributed by atoms with E-state index in [2.05, 4.69) is 5.32 Å². The molecule has 0 fully saturated rings. The fourth-order valence-electron chi connectivity index (χ4n) is 2.60. The minimum absolute atomic E-state index is 0.299. The molecule has 1 amide bonds. The molecule has 2 rings (SSSR count). The van der Waals surface area contributed by atoms with Crippen LogP contribution in [0.2, 0.25) is 0 Å². The number of hydrogen-bond donors (Lipinski definition) is 1. The molecule has 0 radical (unpaired) electrons. The number of esters is 1. The maximum Gasteiger partial charge on any atom is 0.328 e. The van der Waals surface area contributed by atoms with Gasteiger partial charge in [0, 0.05) is 13.5 Å². The fraction of sp³-hybridized carbons (Fsp3) is 0.300. The lowest BCUT2D eigenvalue weighted by atomic mass is 10.0. The third-order valence-electron chi connectivity index (χ3n) is 3.98. The zero-order valence-electron chi connectivity index (χ0n) is 15.1. The molecule has 0 aliphatic carbocycles. The van der Waals surface area contributed by atoms with Crippen molar-refractivity contribution in [3.63, 3.8) is 0 Å². The molecule has 0 unspecified atom stereocenters. The highest BCUT2D eigenvalue weighted by molar-refractivity contribution is 5.87. The van der Waals surface area contributed by atoms with Gasteiger partial charge in [-0.1, -0.05) is 42.5 Å². The van der Waals surface area contributed by atoms with Crippen LogP contribution in [0.15, 0.2) is 54.6 Å². The summed E-state index contributed by atoms with van der Waals surface area (Å²) in [4.78, 5) is 24.8. The SMILES string of the molecule is COC(=O)[C@@H](Cc1ccc(OC)cc1)NC(=O)[C@@H](OC)c1ccccc1. The zero-order chi connectivity index (χ0) is 18.9. The van der Waals surface area contributed by atoms with E-state index in [1.807, 2.05) is 30.3 Å². The van der Waals surface area contributed by atoms with Crippen LogP contribution in [-0.2, 0) is 25.5 Å². The van der Waals surface area contributed by atoms with Gasteiger partial charge in [0.15, 0.2) is 6.10 Å². The predicted molar refractivity (Wildman–Crippen MR) is 96.8 cm³/mol. The number of amides is 1. The molecule has 0 aliphatic rings. The normalized spacial score (nSPS) is 12.7. The number of benzene rings is 2. The molecule has 6 nitrogen and oxygen atoms in total. The van der Waals surface area contributed by atoms with Crippen molar-refractivity contribution in [2.45, 2.75) is 18.6 Å². The number of nitrogens with one attached hydrogen (secondary N) is 1. The molecule has 0 aliphatic heterocycles. The maximum absolute atomic E-state index is 12.6. The second-order valence-electron chi connectivity index (χ2n) is 5.66. The van der Waals surface area contributed by atoms with E-state index in [-0.39, 0.29) is 0 Å². The van der Waals surface area contributed by atoms with Gasteiger partial charge in [-0.05, 0) is 23.3 Å². The van der Waals surface area contributed by atoms with Gasteiger partial charge in [-0.25, -0.2) is 4.79 Å². The van der Waals surface area contributed by atoms with E-state index in [0.29, 0.717) is 12.0 Å². The smallest absolute Gasteiger partial charge is 0.328 e. The first-order valence-corrected chi connectivity index (χ1v) is 8.18. The van der Waals surface area contributed by atoms with Crippen LogP contribution in [0.5, 0.6) is 5.75 Å².